The van der Waals surface area contributed by atoms with E-state index in [1.54, 1.807) is 0 Å². The second-order valence-corrected chi connectivity index (χ2v) is 8.69. The van der Waals surface area contributed by atoms with Crippen molar-refractivity contribution in [2.75, 3.05) is 7.11 Å². The van der Waals surface area contributed by atoms with Crippen molar-refractivity contribution in [2.24, 2.45) is 17.8 Å². The van der Waals surface area contributed by atoms with Gasteiger partial charge >= 0.3 is 17.9 Å². The fourth-order valence-electron chi connectivity index (χ4n) is 6.04. The predicted molar refractivity (Wildman–Crippen MR) is 82.4 cm³/mol. The Bertz CT molecular complexity index is 674. The van der Waals surface area contributed by atoms with E-state index < -0.39 is 47.7 Å². The largest absolute Gasteiger partial charge is 0.455 e. The van der Waals surface area contributed by atoms with Crippen LogP contribution in [0.1, 0.15) is 39.0 Å². The Kier molecular flexibility index (Phi) is 3.54. The zero-order chi connectivity index (χ0) is 19.2. The molecule has 2 aliphatic heterocycles. The van der Waals surface area contributed by atoms with Crippen molar-refractivity contribution >= 4 is 11.9 Å². The fourth-order valence-corrected chi connectivity index (χ4v) is 6.04. The van der Waals surface area contributed by atoms with Crippen LogP contribution < -0.4 is 0 Å². The molecule has 0 N–H and O–H groups in total. The third kappa shape index (κ3) is 2.40. The average Bonchev–Trinajstić information content (AvgIpc) is 3.04. The smallest absolute Gasteiger partial charge is 0.377 e. The number of ether oxygens (including phenoxy) is 5. The molecule has 1 spiro atoms. The highest BCUT2D eigenvalue weighted by Gasteiger charge is 2.71. The van der Waals surface area contributed by atoms with Crippen LogP contribution in [0.3, 0.4) is 0 Å². The van der Waals surface area contributed by atoms with Crippen molar-refractivity contribution in [3.63, 3.8) is 0 Å². The predicted octanol–water partition coefficient (Wildman–Crippen LogP) is 1.77. The Morgan fingerprint density at radius 1 is 1.19 bits per heavy atom. The van der Waals surface area contributed by atoms with Crippen molar-refractivity contribution in [3.8, 4) is 0 Å². The minimum absolute atomic E-state index is 0.108. The van der Waals surface area contributed by atoms with Crippen molar-refractivity contribution in [2.45, 2.75) is 74.8 Å². The first kappa shape index (κ1) is 17.8. The highest BCUT2D eigenvalue weighted by atomic mass is 19.3. The van der Waals surface area contributed by atoms with Gasteiger partial charge in [-0.3, -0.25) is 0 Å². The van der Waals surface area contributed by atoms with Gasteiger partial charge in [0.1, 0.15) is 5.60 Å². The second-order valence-electron chi connectivity index (χ2n) is 8.69. The van der Waals surface area contributed by atoms with E-state index in [9.17, 15) is 18.4 Å². The molecule has 5 unspecified atom stereocenters. The first-order valence-electron chi connectivity index (χ1n) is 9.36. The van der Waals surface area contributed by atoms with Crippen molar-refractivity contribution in [1.29, 1.82) is 0 Å². The summed E-state index contributed by atoms with van der Waals surface area (Å²) in [6.07, 6.45) is 0.737. The lowest BCUT2D eigenvalue weighted by Crippen LogP contribution is -2.66. The van der Waals surface area contributed by atoms with Gasteiger partial charge in [0.2, 0.25) is 6.29 Å². The zero-order valence-corrected chi connectivity index (χ0v) is 15.1. The number of carbonyl (C=O) groups is 2. The van der Waals surface area contributed by atoms with Gasteiger partial charge in [0.05, 0.1) is 0 Å². The summed E-state index contributed by atoms with van der Waals surface area (Å²) in [5, 5.41) is 0. The lowest BCUT2D eigenvalue weighted by molar-refractivity contribution is -0.337. The SMILES string of the molecule is COC1C(=O)OC2OC3(OC21)C1CC2CC3CC(OC(=O)C(C)(F)F)(C2)C1. The molecule has 6 rings (SSSR count). The number of rotatable bonds is 3. The summed E-state index contributed by atoms with van der Waals surface area (Å²) in [5.41, 5.74) is -0.889. The van der Waals surface area contributed by atoms with Crippen LogP contribution in [-0.2, 0) is 33.3 Å². The Morgan fingerprint density at radius 3 is 2.44 bits per heavy atom. The molecule has 7 nitrogen and oxygen atoms in total. The van der Waals surface area contributed by atoms with Gasteiger partial charge < -0.3 is 23.7 Å². The summed E-state index contributed by atoms with van der Waals surface area (Å²) in [4.78, 5) is 23.7. The summed E-state index contributed by atoms with van der Waals surface area (Å²) in [7, 11) is 1.42. The summed E-state index contributed by atoms with van der Waals surface area (Å²) < 4.78 is 55.0. The quantitative estimate of drug-likeness (QED) is 0.682. The molecule has 0 radical (unpaired) electrons. The average molecular weight is 388 g/mol. The van der Waals surface area contributed by atoms with Crippen LogP contribution in [0, 0.1) is 17.8 Å². The van der Waals surface area contributed by atoms with Gasteiger partial charge in [-0.1, -0.05) is 0 Å². The Labute approximate surface area is 154 Å². The molecular formula is C18H22F2O7. The molecule has 2 saturated heterocycles. The third-order valence-electron chi connectivity index (χ3n) is 6.84. The molecule has 6 aliphatic rings. The van der Waals surface area contributed by atoms with Crippen LogP contribution in [0.25, 0.3) is 0 Å². The van der Waals surface area contributed by atoms with Crippen LogP contribution in [0.15, 0.2) is 0 Å². The van der Waals surface area contributed by atoms with Gasteiger partial charge in [0.15, 0.2) is 18.0 Å². The van der Waals surface area contributed by atoms with E-state index in [2.05, 4.69) is 0 Å². The van der Waals surface area contributed by atoms with Gasteiger partial charge in [0, 0.05) is 25.9 Å². The second kappa shape index (κ2) is 5.39. The molecule has 5 atom stereocenters. The summed E-state index contributed by atoms with van der Waals surface area (Å²) in [6, 6.07) is 0. The standard InChI is InChI=1S/C18H22F2O7/c1-16(19,20)15(22)27-17-5-8-3-9(6-17)18(10(4-8)7-17)25-12-11(23-2)13(21)24-14(12)26-18/h8-12,14H,3-7H2,1-2H3. The summed E-state index contributed by atoms with van der Waals surface area (Å²) >= 11 is 0. The monoisotopic (exact) mass is 388 g/mol. The van der Waals surface area contributed by atoms with Crippen LogP contribution in [-0.4, -0.2) is 54.9 Å². The van der Waals surface area contributed by atoms with Crippen molar-refractivity contribution in [1.82, 2.24) is 0 Å². The minimum atomic E-state index is -3.52. The topological polar surface area (TPSA) is 80.3 Å². The Balaban J connectivity index is 1.40. The van der Waals surface area contributed by atoms with Crippen molar-refractivity contribution in [3.05, 3.63) is 0 Å². The van der Waals surface area contributed by atoms with E-state index in [4.69, 9.17) is 23.7 Å². The maximum absolute atomic E-state index is 13.4. The zero-order valence-electron chi connectivity index (χ0n) is 15.1. The van der Waals surface area contributed by atoms with Crippen LogP contribution >= 0.6 is 0 Å². The van der Waals surface area contributed by atoms with Gasteiger partial charge in [-0.25, -0.2) is 9.59 Å². The van der Waals surface area contributed by atoms with Crippen LogP contribution in [0.2, 0.25) is 0 Å². The molecule has 6 fully saturated rings. The van der Waals surface area contributed by atoms with Crippen LogP contribution in [0.5, 0.6) is 0 Å². The van der Waals surface area contributed by atoms with E-state index in [0.29, 0.717) is 26.2 Å². The normalized spacial score (nSPS) is 50.1. The maximum Gasteiger partial charge on any atom is 0.377 e. The lowest BCUT2D eigenvalue weighted by Gasteiger charge is -2.62. The van der Waals surface area contributed by atoms with E-state index in [-0.39, 0.29) is 17.8 Å². The number of hydrogen-bond donors (Lipinski definition) is 0. The molecule has 0 amide bonds. The molecule has 27 heavy (non-hydrogen) atoms. The molecule has 150 valence electrons. The number of halogens is 2. The maximum atomic E-state index is 13.4. The lowest BCUT2D eigenvalue weighted by atomic mass is 9.51. The van der Waals surface area contributed by atoms with Gasteiger partial charge in [-0.15, -0.1) is 0 Å². The molecule has 4 aliphatic carbocycles. The van der Waals surface area contributed by atoms with E-state index in [0.717, 1.165) is 12.8 Å². The number of methoxy groups -OCH3 is 1. The van der Waals surface area contributed by atoms with Crippen molar-refractivity contribution < 1.29 is 42.1 Å². The molecule has 4 bridgehead atoms. The number of alkyl halides is 2. The molecule has 0 aromatic heterocycles. The van der Waals surface area contributed by atoms with Gasteiger partial charge in [-0.05, 0) is 38.0 Å². The molecule has 9 heteroatoms. The van der Waals surface area contributed by atoms with E-state index >= 15 is 0 Å². The Morgan fingerprint density at radius 2 is 1.85 bits per heavy atom. The molecule has 0 aromatic carbocycles. The first-order chi connectivity index (χ1) is 12.7. The Hall–Kier alpha value is -1.32. The van der Waals surface area contributed by atoms with Gasteiger partial charge in [-0.2, -0.15) is 8.78 Å². The fraction of sp³-hybridized carbons (Fsp3) is 0.889. The van der Waals surface area contributed by atoms with Crippen LogP contribution in [0.4, 0.5) is 8.78 Å². The number of hydrogen-bond acceptors (Lipinski definition) is 7. The molecule has 4 saturated carbocycles. The number of carbonyl (C=O) groups excluding carboxylic acids is 2. The number of esters is 2. The molecular weight excluding hydrogens is 366 g/mol. The highest BCUT2D eigenvalue weighted by Crippen LogP contribution is 2.65. The number of fused-ring (bicyclic) bond motifs is 1. The highest BCUT2D eigenvalue weighted by molar-refractivity contribution is 5.78. The van der Waals surface area contributed by atoms with E-state index in [1.165, 1.54) is 7.11 Å². The molecule has 0 aromatic rings. The summed E-state index contributed by atoms with van der Waals surface area (Å²) in [5.74, 6) is -6.38. The van der Waals surface area contributed by atoms with E-state index in [1.807, 2.05) is 0 Å². The minimum Gasteiger partial charge on any atom is -0.455 e. The third-order valence-corrected chi connectivity index (χ3v) is 6.84. The summed E-state index contributed by atoms with van der Waals surface area (Å²) in [6.45, 7) is 0.557. The van der Waals surface area contributed by atoms with Gasteiger partial charge in [0.25, 0.3) is 0 Å². The molecule has 2 heterocycles. The first-order valence-corrected chi connectivity index (χ1v) is 9.36.